The summed E-state index contributed by atoms with van der Waals surface area (Å²) in [5.41, 5.74) is 2.73. The van der Waals surface area contributed by atoms with Gasteiger partial charge in [0.2, 0.25) is 0 Å². The van der Waals surface area contributed by atoms with Crippen molar-refractivity contribution in [1.82, 2.24) is 10.6 Å². The minimum absolute atomic E-state index is 0.206. The predicted molar refractivity (Wildman–Crippen MR) is 144 cm³/mol. The zero-order valence-corrected chi connectivity index (χ0v) is 23.0. The van der Waals surface area contributed by atoms with E-state index >= 15 is 0 Å². The molecular formula is C26H35F3N4O5S. The number of rotatable bonds is 9. The maximum atomic E-state index is 13.2. The number of benzene rings is 2. The number of hydrogen-bond donors (Lipinski definition) is 4. The highest BCUT2D eigenvalue weighted by Crippen LogP contribution is 2.30. The van der Waals surface area contributed by atoms with E-state index in [4.69, 9.17) is 9.90 Å². The topological polar surface area (TPSA) is 128 Å². The predicted octanol–water partition coefficient (Wildman–Crippen LogP) is 3.87. The van der Waals surface area contributed by atoms with Crippen molar-refractivity contribution in [3.8, 4) is 0 Å². The first-order chi connectivity index (χ1) is 18.2. The largest absolute Gasteiger partial charge is 0.490 e. The lowest BCUT2D eigenvalue weighted by molar-refractivity contribution is -0.192. The van der Waals surface area contributed by atoms with Gasteiger partial charge in [0.25, 0.3) is 15.9 Å². The summed E-state index contributed by atoms with van der Waals surface area (Å²) in [6.07, 6.45) is -3.35. The van der Waals surface area contributed by atoms with E-state index in [1.165, 1.54) is 0 Å². The van der Waals surface area contributed by atoms with E-state index in [-0.39, 0.29) is 10.8 Å². The van der Waals surface area contributed by atoms with E-state index in [9.17, 15) is 26.4 Å². The third-order valence-corrected chi connectivity index (χ3v) is 7.00. The number of nitrogens with zero attached hydrogens (tertiary/aromatic N) is 1. The monoisotopic (exact) mass is 572 g/mol. The summed E-state index contributed by atoms with van der Waals surface area (Å²) >= 11 is 0. The molecule has 2 aromatic carbocycles. The van der Waals surface area contributed by atoms with Crippen LogP contribution in [0.25, 0.3) is 0 Å². The van der Waals surface area contributed by atoms with Crippen molar-refractivity contribution in [2.24, 2.45) is 5.92 Å². The van der Waals surface area contributed by atoms with Crippen molar-refractivity contribution in [2.75, 3.05) is 42.3 Å². The van der Waals surface area contributed by atoms with Crippen LogP contribution in [-0.4, -0.2) is 64.3 Å². The number of carbonyl (C=O) groups excluding carboxylic acids is 1. The van der Waals surface area contributed by atoms with Gasteiger partial charge in [0.05, 0.1) is 16.3 Å². The zero-order valence-electron chi connectivity index (χ0n) is 22.1. The summed E-state index contributed by atoms with van der Waals surface area (Å²) in [5.74, 6) is -2.47. The van der Waals surface area contributed by atoms with E-state index in [0.29, 0.717) is 23.7 Å². The minimum atomic E-state index is -5.08. The fourth-order valence-electron chi connectivity index (χ4n) is 3.76. The summed E-state index contributed by atoms with van der Waals surface area (Å²) in [6.45, 7) is 9.99. The van der Waals surface area contributed by atoms with Crippen LogP contribution in [0.1, 0.15) is 43.1 Å². The van der Waals surface area contributed by atoms with Crippen LogP contribution in [0.3, 0.4) is 0 Å². The van der Waals surface area contributed by atoms with E-state index in [2.05, 4.69) is 34.1 Å². The number of sulfonamides is 1. The Morgan fingerprint density at radius 3 is 2.18 bits per heavy atom. The van der Waals surface area contributed by atoms with Crippen molar-refractivity contribution in [3.63, 3.8) is 0 Å². The molecule has 1 amide bonds. The Labute approximate surface area is 226 Å². The first-order valence-electron chi connectivity index (χ1n) is 12.5. The fraction of sp³-hybridized carbons (Fsp3) is 0.462. The second kappa shape index (κ2) is 14.2. The molecule has 2 aromatic rings. The van der Waals surface area contributed by atoms with Crippen molar-refractivity contribution in [2.45, 2.75) is 44.7 Å². The van der Waals surface area contributed by atoms with Crippen LogP contribution in [0.5, 0.6) is 0 Å². The second-order valence-electron chi connectivity index (χ2n) is 9.38. The molecule has 4 N–H and O–H groups in total. The first-order valence-corrected chi connectivity index (χ1v) is 14.0. The number of aliphatic carboxylic acids is 1. The lowest BCUT2D eigenvalue weighted by Crippen LogP contribution is -2.43. The van der Waals surface area contributed by atoms with Gasteiger partial charge in [-0.05, 0) is 54.7 Å². The normalized spacial score (nSPS) is 13.9. The number of halogens is 3. The van der Waals surface area contributed by atoms with Gasteiger partial charge in [-0.25, -0.2) is 13.2 Å². The maximum Gasteiger partial charge on any atom is 0.490 e. The minimum Gasteiger partial charge on any atom is -0.475 e. The fourth-order valence-corrected chi connectivity index (χ4v) is 4.83. The summed E-state index contributed by atoms with van der Waals surface area (Å²) in [4.78, 5) is 23.7. The maximum absolute atomic E-state index is 13.2. The summed E-state index contributed by atoms with van der Waals surface area (Å²) in [7, 11) is -3.80. The van der Waals surface area contributed by atoms with Crippen LogP contribution >= 0.6 is 0 Å². The first kappa shape index (κ1) is 31.9. The third kappa shape index (κ3) is 10.1. The van der Waals surface area contributed by atoms with Gasteiger partial charge >= 0.3 is 12.1 Å². The molecule has 0 saturated carbocycles. The van der Waals surface area contributed by atoms with Gasteiger partial charge in [-0.15, -0.1) is 0 Å². The Hall–Kier alpha value is -3.32. The van der Waals surface area contributed by atoms with E-state index in [0.717, 1.165) is 50.3 Å². The molecule has 39 heavy (non-hydrogen) atoms. The van der Waals surface area contributed by atoms with Gasteiger partial charge in [0.1, 0.15) is 0 Å². The molecule has 0 unspecified atom stereocenters. The van der Waals surface area contributed by atoms with Crippen LogP contribution in [0.2, 0.25) is 0 Å². The smallest absolute Gasteiger partial charge is 0.475 e. The highest BCUT2D eigenvalue weighted by atomic mass is 32.2. The molecule has 1 aliphatic rings. The SMILES string of the molecule is CCCNC(=O)c1ccc(N2CCNCC2)c(NS(=O)(=O)c2ccc(CC(C)C)cc2)c1.O=C(O)C(F)(F)F. The average Bonchev–Trinajstić information content (AvgIpc) is 2.87. The summed E-state index contributed by atoms with van der Waals surface area (Å²) < 4.78 is 60.8. The number of alkyl halides is 3. The van der Waals surface area contributed by atoms with Crippen LogP contribution < -0.4 is 20.3 Å². The van der Waals surface area contributed by atoms with E-state index < -0.39 is 22.2 Å². The van der Waals surface area contributed by atoms with Gasteiger partial charge in [-0.2, -0.15) is 13.2 Å². The summed E-state index contributed by atoms with van der Waals surface area (Å²) in [6, 6.07) is 12.2. The number of piperazine rings is 1. The molecule has 1 saturated heterocycles. The lowest BCUT2D eigenvalue weighted by atomic mass is 10.0. The highest BCUT2D eigenvalue weighted by molar-refractivity contribution is 7.92. The third-order valence-electron chi connectivity index (χ3n) is 5.62. The molecule has 13 heteroatoms. The molecule has 9 nitrogen and oxygen atoms in total. The standard InChI is InChI=1S/C24H34N4O3S.C2HF3O2/c1-4-11-26-24(29)20-7-10-23(28-14-12-25-13-15-28)22(17-20)27-32(30,31)21-8-5-19(6-9-21)16-18(2)3;3-2(4,5)1(6)7/h5-10,17-18,25,27H,4,11-16H2,1-3H3,(H,26,29);(H,6,7). The number of carbonyl (C=O) groups is 2. The van der Waals surface area contributed by atoms with Gasteiger partial charge in [-0.1, -0.05) is 32.9 Å². The molecule has 0 spiro atoms. The quantitative estimate of drug-likeness (QED) is 0.359. The average molecular weight is 573 g/mol. The number of anilines is 2. The highest BCUT2D eigenvalue weighted by Gasteiger charge is 2.38. The molecule has 1 aliphatic heterocycles. The number of nitrogens with one attached hydrogen (secondary N) is 3. The van der Waals surface area contributed by atoms with Gasteiger partial charge in [-0.3, -0.25) is 9.52 Å². The molecule has 3 rings (SSSR count). The molecule has 0 aliphatic carbocycles. The van der Waals surface area contributed by atoms with Crippen molar-refractivity contribution >= 4 is 33.3 Å². The molecule has 0 atom stereocenters. The van der Waals surface area contributed by atoms with Crippen LogP contribution in [-0.2, 0) is 21.2 Å². The molecule has 0 aromatic heterocycles. The van der Waals surface area contributed by atoms with E-state index in [1.54, 1.807) is 24.3 Å². The van der Waals surface area contributed by atoms with Crippen molar-refractivity contribution in [3.05, 3.63) is 53.6 Å². The Morgan fingerprint density at radius 2 is 1.67 bits per heavy atom. The van der Waals surface area contributed by atoms with Crippen molar-refractivity contribution < 1.29 is 36.3 Å². The Kier molecular flexibility index (Phi) is 11.6. The van der Waals surface area contributed by atoms with Crippen LogP contribution in [0.4, 0.5) is 24.5 Å². The van der Waals surface area contributed by atoms with Gasteiger partial charge in [0, 0.05) is 38.3 Å². The number of amides is 1. The van der Waals surface area contributed by atoms with Gasteiger partial charge in [0.15, 0.2) is 0 Å². The van der Waals surface area contributed by atoms with Crippen LogP contribution in [0.15, 0.2) is 47.4 Å². The molecule has 1 heterocycles. The lowest BCUT2D eigenvalue weighted by Gasteiger charge is -2.31. The molecule has 1 fully saturated rings. The number of carboxylic acid groups (broad SMARTS) is 1. The Bertz CT molecular complexity index is 1210. The molecule has 0 bridgehead atoms. The van der Waals surface area contributed by atoms with E-state index in [1.807, 2.05) is 25.1 Å². The summed E-state index contributed by atoms with van der Waals surface area (Å²) in [5, 5.41) is 13.3. The second-order valence-corrected chi connectivity index (χ2v) is 11.1. The van der Waals surface area contributed by atoms with Gasteiger partial charge < -0.3 is 20.6 Å². The zero-order chi connectivity index (χ0) is 29.2. The van der Waals surface area contributed by atoms with Crippen LogP contribution in [0, 0.1) is 5.92 Å². The molecule has 216 valence electrons. The number of hydrogen-bond acceptors (Lipinski definition) is 6. The molecule has 0 radical (unpaired) electrons. The number of carboxylic acids is 1. The Morgan fingerprint density at radius 1 is 1.08 bits per heavy atom. The Balaban J connectivity index is 0.000000673. The van der Waals surface area contributed by atoms with Crippen molar-refractivity contribution in [1.29, 1.82) is 0 Å². The molecular weight excluding hydrogens is 537 g/mol.